The minimum atomic E-state index is -0.0822. The highest BCUT2D eigenvalue weighted by Crippen LogP contribution is 2.13. The second-order valence-electron chi connectivity index (χ2n) is 3.29. The standard InChI is InChI=1S/C10H13BrN2O/c1-7(2)5-12-10(14)9-4-8(11)6-13(9)3/h4,6H,1,5H2,2-3H3,(H,12,14). The number of carbonyl (C=O) groups is 1. The lowest BCUT2D eigenvalue weighted by molar-refractivity contribution is 0.0949. The Morgan fingerprint density at radius 1 is 1.71 bits per heavy atom. The van der Waals surface area contributed by atoms with Gasteiger partial charge in [0, 0.05) is 24.3 Å². The summed E-state index contributed by atoms with van der Waals surface area (Å²) in [6.45, 7) is 6.11. The molecular weight excluding hydrogens is 244 g/mol. The highest BCUT2D eigenvalue weighted by Gasteiger charge is 2.09. The minimum Gasteiger partial charge on any atom is -0.347 e. The zero-order valence-corrected chi connectivity index (χ0v) is 9.89. The topological polar surface area (TPSA) is 34.0 Å². The van der Waals surface area contributed by atoms with E-state index < -0.39 is 0 Å². The van der Waals surface area contributed by atoms with Gasteiger partial charge >= 0.3 is 0 Å². The normalized spacial score (nSPS) is 9.93. The molecule has 1 aromatic heterocycles. The first kappa shape index (κ1) is 11.0. The molecule has 3 nitrogen and oxygen atoms in total. The molecule has 0 atom stereocenters. The van der Waals surface area contributed by atoms with Gasteiger partial charge in [-0.2, -0.15) is 0 Å². The Hall–Kier alpha value is -1.03. The Morgan fingerprint density at radius 2 is 2.36 bits per heavy atom. The largest absolute Gasteiger partial charge is 0.347 e. The zero-order valence-electron chi connectivity index (χ0n) is 8.30. The fourth-order valence-corrected chi connectivity index (χ4v) is 1.60. The van der Waals surface area contributed by atoms with E-state index in [1.54, 1.807) is 10.6 Å². The quantitative estimate of drug-likeness (QED) is 0.826. The highest BCUT2D eigenvalue weighted by atomic mass is 79.9. The van der Waals surface area contributed by atoms with Crippen LogP contribution in [0, 0.1) is 0 Å². The van der Waals surface area contributed by atoms with Crippen LogP contribution in [0.3, 0.4) is 0 Å². The summed E-state index contributed by atoms with van der Waals surface area (Å²) >= 11 is 3.31. The Kier molecular flexibility index (Phi) is 3.52. The van der Waals surface area contributed by atoms with E-state index in [1.165, 1.54) is 0 Å². The summed E-state index contributed by atoms with van der Waals surface area (Å²) in [5.41, 5.74) is 1.57. The molecule has 0 saturated heterocycles. The Morgan fingerprint density at radius 3 is 2.79 bits per heavy atom. The maximum absolute atomic E-state index is 11.6. The van der Waals surface area contributed by atoms with Gasteiger partial charge in [-0.3, -0.25) is 4.79 Å². The van der Waals surface area contributed by atoms with Crippen LogP contribution in [0.1, 0.15) is 17.4 Å². The van der Waals surface area contributed by atoms with Crippen molar-refractivity contribution < 1.29 is 4.79 Å². The molecule has 4 heteroatoms. The van der Waals surface area contributed by atoms with Gasteiger partial charge < -0.3 is 9.88 Å². The van der Waals surface area contributed by atoms with Gasteiger partial charge in [0.2, 0.25) is 0 Å². The highest BCUT2D eigenvalue weighted by molar-refractivity contribution is 9.10. The number of aromatic nitrogens is 1. The van der Waals surface area contributed by atoms with E-state index in [4.69, 9.17) is 0 Å². The third-order valence-corrected chi connectivity index (χ3v) is 2.19. The van der Waals surface area contributed by atoms with Crippen molar-refractivity contribution in [1.29, 1.82) is 0 Å². The van der Waals surface area contributed by atoms with Crippen LogP contribution in [0.2, 0.25) is 0 Å². The second kappa shape index (κ2) is 4.46. The van der Waals surface area contributed by atoms with Crippen LogP contribution in [0.25, 0.3) is 0 Å². The summed E-state index contributed by atoms with van der Waals surface area (Å²) in [5.74, 6) is -0.0822. The third kappa shape index (κ3) is 2.73. The molecule has 0 fully saturated rings. The van der Waals surface area contributed by atoms with Crippen molar-refractivity contribution in [3.63, 3.8) is 0 Å². The van der Waals surface area contributed by atoms with E-state index in [9.17, 15) is 4.79 Å². The predicted molar refractivity (Wildman–Crippen MR) is 60.3 cm³/mol. The van der Waals surface area contributed by atoms with Gasteiger partial charge in [0.05, 0.1) is 0 Å². The number of hydrogen-bond donors (Lipinski definition) is 1. The molecule has 1 rings (SSSR count). The van der Waals surface area contributed by atoms with Crippen molar-refractivity contribution in [3.05, 3.63) is 34.6 Å². The van der Waals surface area contributed by atoms with Crippen molar-refractivity contribution >= 4 is 21.8 Å². The number of nitrogens with zero attached hydrogens (tertiary/aromatic N) is 1. The number of aryl methyl sites for hydroxylation is 1. The molecule has 1 aromatic rings. The molecule has 0 saturated carbocycles. The van der Waals surface area contributed by atoms with E-state index in [0.717, 1.165) is 10.0 Å². The number of hydrogen-bond acceptors (Lipinski definition) is 1. The molecule has 1 N–H and O–H groups in total. The molecule has 0 radical (unpaired) electrons. The Labute approximate surface area is 91.9 Å². The van der Waals surface area contributed by atoms with Crippen molar-refractivity contribution in [2.24, 2.45) is 7.05 Å². The summed E-state index contributed by atoms with van der Waals surface area (Å²) in [5, 5.41) is 2.77. The van der Waals surface area contributed by atoms with Gasteiger partial charge in [-0.15, -0.1) is 0 Å². The summed E-state index contributed by atoms with van der Waals surface area (Å²) in [6, 6.07) is 1.79. The fourth-order valence-electron chi connectivity index (χ4n) is 1.07. The SMILES string of the molecule is C=C(C)CNC(=O)c1cc(Br)cn1C. The van der Waals surface area contributed by atoms with Crippen LogP contribution in [0.4, 0.5) is 0 Å². The molecule has 0 unspecified atom stereocenters. The van der Waals surface area contributed by atoms with E-state index >= 15 is 0 Å². The summed E-state index contributed by atoms with van der Waals surface area (Å²) in [6.07, 6.45) is 1.84. The zero-order chi connectivity index (χ0) is 10.7. The molecule has 1 amide bonds. The molecule has 1 heterocycles. The Bertz CT molecular complexity index is 368. The smallest absolute Gasteiger partial charge is 0.268 e. The van der Waals surface area contributed by atoms with Crippen LogP contribution in [0.5, 0.6) is 0 Å². The van der Waals surface area contributed by atoms with Gasteiger partial charge in [0.15, 0.2) is 0 Å². The summed E-state index contributed by atoms with van der Waals surface area (Å²) in [7, 11) is 1.83. The average molecular weight is 257 g/mol. The van der Waals surface area contributed by atoms with Crippen molar-refractivity contribution in [1.82, 2.24) is 9.88 Å². The molecule has 0 aromatic carbocycles. The first-order valence-electron chi connectivity index (χ1n) is 4.25. The van der Waals surface area contributed by atoms with Crippen LogP contribution in [0.15, 0.2) is 28.9 Å². The molecular formula is C10H13BrN2O. The van der Waals surface area contributed by atoms with Gasteiger partial charge in [0.1, 0.15) is 5.69 Å². The third-order valence-electron chi connectivity index (χ3n) is 1.75. The molecule has 14 heavy (non-hydrogen) atoms. The van der Waals surface area contributed by atoms with Gasteiger partial charge in [-0.25, -0.2) is 0 Å². The van der Waals surface area contributed by atoms with Crippen LogP contribution < -0.4 is 5.32 Å². The fraction of sp³-hybridized carbons (Fsp3) is 0.300. The molecule has 0 aliphatic carbocycles. The van der Waals surface area contributed by atoms with Gasteiger partial charge in [-0.1, -0.05) is 12.2 Å². The van der Waals surface area contributed by atoms with E-state index in [-0.39, 0.29) is 5.91 Å². The lowest BCUT2D eigenvalue weighted by Gasteiger charge is -2.04. The predicted octanol–water partition coefficient (Wildman–Crippen LogP) is 2.09. The number of amides is 1. The monoisotopic (exact) mass is 256 g/mol. The maximum Gasteiger partial charge on any atom is 0.268 e. The van der Waals surface area contributed by atoms with Crippen LogP contribution in [-0.2, 0) is 7.05 Å². The summed E-state index contributed by atoms with van der Waals surface area (Å²) in [4.78, 5) is 11.6. The number of nitrogens with one attached hydrogen (secondary N) is 1. The number of rotatable bonds is 3. The van der Waals surface area contributed by atoms with Gasteiger partial charge in [-0.05, 0) is 28.9 Å². The van der Waals surface area contributed by atoms with E-state index in [2.05, 4.69) is 27.8 Å². The first-order chi connectivity index (χ1) is 6.50. The summed E-state index contributed by atoms with van der Waals surface area (Å²) < 4.78 is 2.68. The van der Waals surface area contributed by atoms with Crippen molar-refractivity contribution in [3.8, 4) is 0 Å². The molecule has 76 valence electrons. The number of carbonyl (C=O) groups excluding carboxylic acids is 1. The molecule has 0 spiro atoms. The van der Waals surface area contributed by atoms with Crippen LogP contribution in [-0.4, -0.2) is 17.0 Å². The second-order valence-corrected chi connectivity index (χ2v) is 4.21. The molecule has 0 aliphatic heterocycles. The lowest BCUT2D eigenvalue weighted by atomic mass is 10.3. The first-order valence-corrected chi connectivity index (χ1v) is 5.04. The average Bonchev–Trinajstić information content (AvgIpc) is 2.41. The van der Waals surface area contributed by atoms with E-state index in [0.29, 0.717) is 12.2 Å². The lowest BCUT2D eigenvalue weighted by Crippen LogP contribution is -2.26. The van der Waals surface area contributed by atoms with E-state index in [1.807, 2.05) is 20.2 Å². The van der Waals surface area contributed by atoms with Crippen molar-refractivity contribution in [2.45, 2.75) is 6.92 Å². The number of halogens is 1. The molecule has 0 bridgehead atoms. The van der Waals surface area contributed by atoms with Gasteiger partial charge in [0.25, 0.3) is 5.91 Å². The van der Waals surface area contributed by atoms with Crippen molar-refractivity contribution in [2.75, 3.05) is 6.54 Å². The minimum absolute atomic E-state index is 0.0822. The Balaban J connectivity index is 2.69. The molecule has 0 aliphatic rings. The van der Waals surface area contributed by atoms with Crippen LogP contribution >= 0.6 is 15.9 Å². The maximum atomic E-state index is 11.6.